The third-order valence-electron chi connectivity index (χ3n) is 3.81. The molecule has 0 spiro atoms. The zero-order valence-electron chi connectivity index (χ0n) is 13.4. The molecule has 122 valence electrons. The smallest absolute Gasteiger partial charge is 0.310 e. The molecular formula is C18H16N2O4. The van der Waals surface area contributed by atoms with Crippen molar-refractivity contribution in [2.75, 3.05) is 13.2 Å². The Labute approximate surface area is 137 Å². The van der Waals surface area contributed by atoms with E-state index in [2.05, 4.69) is 4.98 Å². The van der Waals surface area contributed by atoms with Crippen molar-refractivity contribution >= 4 is 27.8 Å². The van der Waals surface area contributed by atoms with Crippen molar-refractivity contribution in [2.24, 2.45) is 0 Å². The van der Waals surface area contributed by atoms with E-state index in [4.69, 9.17) is 13.9 Å². The molecule has 2 aromatic carbocycles. The summed E-state index contributed by atoms with van der Waals surface area (Å²) in [6.45, 7) is 4.82. The first kappa shape index (κ1) is 14.6. The largest absolute Gasteiger partial charge is 0.490 e. The minimum absolute atomic E-state index is 0.166. The summed E-state index contributed by atoms with van der Waals surface area (Å²) in [5.74, 6) is 1.44. The molecule has 0 amide bonds. The summed E-state index contributed by atoms with van der Waals surface area (Å²) >= 11 is 0. The van der Waals surface area contributed by atoms with E-state index in [0.29, 0.717) is 46.7 Å². The SMILES string of the molecule is CCOc1cc2nc3oc4ccccc4c(=O)n3c2cc1OCC. The van der Waals surface area contributed by atoms with Crippen molar-refractivity contribution in [3.63, 3.8) is 0 Å². The van der Waals surface area contributed by atoms with Gasteiger partial charge in [-0.1, -0.05) is 12.1 Å². The van der Waals surface area contributed by atoms with Crippen LogP contribution in [0.25, 0.3) is 27.8 Å². The van der Waals surface area contributed by atoms with Crippen LogP contribution in [0.3, 0.4) is 0 Å². The molecule has 2 heterocycles. The summed E-state index contributed by atoms with van der Waals surface area (Å²) in [4.78, 5) is 17.3. The molecule has 6 nitrogen and oxygen atoms in total. The number of ether oxygens (including phenoxy) is 2. The van der Waals surface area contributed by atoms with Gasteiger partial charge in [0, 0.05) is 12.1 Å². The normalized spacial score (nSPS) is 11.4. The molecule has 0 aliphatic rings. The van der Waals surface area contributed by atoms with Crippen LogP contribution in [0.15, 0.2) is 45.6 Å². The van der Waals surface area contributed by atoms with E-state index in [1.807, 2.05) is 26.0 Å². The summed E-state index contributed by atoms with van der Waals surface area (Å²) in [6, 6.07) is 10.7. The maximum Gasteiger partial charge on any atom is 0.310 e. The van der Waals surface area contributed by atoms with Gasteiger partial charge in [-0.2, -0.15) is 4.98 Å². The number of hydrogen-bond donors (Lipinski definition) is 0. The van der Waals surface area contributed by atoms with Crippen molar-refractivity contribution in [2.45, 2.75) is 13.8 Å². The lowest BCUT2D eigenvalue weighted by atomic mass is 10.2. The van der Waals surface area contributed by atoms with Crippen molar-refractivity contribution in [1.29, 1.82) is 0 Å². The molecule has 0 fully saturated rings. The Morgan fingerprint density at radius 2 is 1.79 bits per heavy atom. The summed E-state index contributed by atoms with van der Waals surface area (Å²) in [5.41, 5.74) is 1.61. The minimum atomic E-state index is -0.166. The Morgan fingerprint density at radius 1 is 1.08 bits per heavy atom. The van der Waals surface area contributed by atoms with Crippen molar-refractivity contribution in [3.05, 3.63) is 46.8 Å². The minimum Gasteiger partial charge on any atom is -0.490 e. The highest BCUT2D eigenvalue weighted by Crippen LogP contribution is 2.33. The van der Waals surface area contributed by atoms with Crippen molar-refractivity contribution < 1.29 is 13.9 Å². The molecule has 0 atom stereocenters. The Kier molecular flexibility index (Phi) is 3.37. The van der Waals surface area contributed by atoms with Gasteiger partial charge in [-0.25, -0.2) is 4.40 Å². The maximum absolute atomic E-state index is 12.8. The predicted octanol–water partition coefficient (Wildman–Crippen LogP) is 3.39. The first-order valence-corrected chi connectivity index (χ1v) is 7.86. The molecule has 0 unspecified atom stereocenters. The number of aromatic nitrogens is 2. The van der Waals surface area contributed by atoms with Gasteiger partial charge in [-0.15, -0.1) is 0 Å². The molecule has 2 aromatic heterocycles. The van der Waals surface area contributed by atoms with Gasteiger partial charge in [-0.3, -0.25) is 4.79 Å². The first-order chi connectivity index (χ1) is 11.7. The van der Waals surface area contributed by atoms with Crippen LogP contribution in [0.4, 0.5) is 0 Å². The summed E-state index contributed by atoms with van der Waals surface area (Å²) < 4.78 is 18.5. The van der Waals surface area contributed by atoms with Gasteiger partial charge in [-0.05, 0) is 26.0 Å². The van der Waals surface area contributed by atoms with E-state index < -0.39 is 0 Å². The molecule has 6 heteroatoms. The lowest BCUT2D eigenvalue weighted by molar-refractivity contribution is 0.288. The Hall–Kier alpha value is -3.02. The number of imidazole rings is 1. The van der Waals surface area contributed by atoms with Crippen LogP contribution in [-0.4, -0.2) is 22.6 Å². The quantitative estimate of drug-likeness (QED) is 0.575. The topological polar surface area (TPSA) is 66.0 Å². The predicted molar refractivity (Wildman–Crippen MR) is 91.1 cm³/mol. The summed E-state index contributed by atoms with van der Waals surface area (Å²) in [6.07, 6.45) is 0. The van der Waals surface area contributed by atoms with Gasteiger partial charge in [0.2, 0.25) is 0 Å². The van der Waals surface area contributed by atoms with Gasteiger partial charge in [0.25, 0.3) is 5.56 Å². The molecule has 4 rings (SSSR count). The Bertz CT molecular complexity index is 1110. The maximum atomic E-state index is 12.8. The zero-order valence-corrected chi connectivity index (χ0v) is 13.4. The lowest BCUT2D eigenvalue weighted by Crippen LogP contribution is -2.12. The third kappa shape index (κ3) is 2.11. The fourth-order valence-electron chi connectivity index (χ4n) is 2.82. The summed E-state index contributed by atoms with van der Waals surface area (Å²) in [5, 5.41) is 0.510. The standard InChI is InChI=1S/C18H16N2O4/c1-3-22-15-9-12-13(10-16(15)23-4-2)20-17(21)11-7-5-6-8-14(11)24-18(20)19-12/h5-10H,3-4H2,1-2H3. The molecule has 0 N–H and O–H groups in total. The van der Waals surface area contributed by atoms with Gasteiger partial charge in [0.15, 0.2) is 11.5 Å². The molecule has 0 aliphatic carbocycles. The average Bonchev–Trinajstić information content (AvgIpc) is 2.93. The van der Waals surface area contributed by atoms with E-state index >= 15 is 0 Å². The number of rotatable bonds is 4. The molecule has 0 saturated heterocycles. The Morgan fingerprint density at radius 3 is 2.54 bits per heavy atom. The van der Waals surface area contributed by atoms with Crippen LogP contribution in [0.1, 0.15) is 13.8 Å². The van der Waals surface area contributed by atoms with Crippen LogP contribution >= 0.6 is 0 Å². The lowest BCUT2D eigenvalue weighted by Gasteiger charge is -2.10. The molecule has 0 saturated carbocycles. The zero-order chi connectivity index (χ0) is 16.7. The number of fused-ring (bicyclic) bond motifs is 4. The van der Waals surface area contributed by atoms with E-state index in [-0.39, 0.29) is 11.4 Å². The van der Waals surface area contributed by atoms with E-state index in [0.717, 1.165) is 0 Å². The number of nitrogens with zero attached hydrogens (tertiary/aromatic N) is 2. The highest BCUT2D eigenvalue weighted by Gasteiger charge is 2.16. The fraction of sp³-hybridized carbons (Fsp3) is 0.222. The van der Waals surface area contributed by atoms with Crippen LogP contribution in [-0.2, 0) is 0 Å². The number of hydrogen-bond acceptors (Lipinski definition) is 5. The summed E-state index contributed by atoms with van der Waals surface area (Å²) in [7, 11) is 0. The van der Waals surface area contributed by atoms with E-state index in [1.165, 1.54) is 4.40 Å². The van der Waals surface area contributed by atoms with Crippen LogP contribution in [0.2, 0.25) is 0 Å². The fourth-order valence-corrected chi connectivity index (χ4v) is 2.82. The van der Waals surface area contributed by atoms with Gasteiger partial charge >= 0.3 is 5.84 Å². The van der Waals surface area contributed by atoms with Crippen molar-refractivity contribution in [1.82, 2.24) is 9.38 Å². The van der Waals surface area contributed by atoms with E-state index in [9.17, 15) is 4.79 Å². The monoisotopic (exact) mass is 324 g/mol. The second kappa shape index (κ2) is 5.56. The molecular weight excluding hydrogens is 308 g/mol. The highest BCUT2D eigenvalue weighted by molar-refractivity contribution is 5.85. The van der Waals surface area contributed by atoms with Crippen LogP contribution in [0.5, 0.6) is 11.5 Å². The van der Waals surface area contributed by atoms with E-state index in [1.54, 1.807) is 24.3 Å². The Balaban J connectivity index is 2.11. The van der Waals surface area contributed by atoms with Crippen LogP contribution < -0.4 is 15.0 Å². The average molecular weight is 324 g/mol. The first-order valence-electron chi connectivity index (χ1n) is 7.86. The molecule has 0 bridgehead atoms. The second-order valence-corrected chi connectivity index (χ2v) is 5.29. The number of benzene rings is 2. The number of para-hydroxylation sites is 1. The van der Waals surface area contributed by atoms with Crippen LogP contribution in [0, 0.1) is 0 Å². The second-order valence-electron chi connectivity index (χ2n) is 5.29. The van der Waals surface area contributed by atoms with Crippen molar-refractivity contribution in [3.8, 4) is 11.5 Å². The molecule has 0 aliphatic heterocycles. The molecule has 24 heavy (non-hydrogen) atoms. The molecule has 0 radical (unpaired) electrons. The third-order valence-corrected chi connectivity index (χ3v) is 3.81. The van der Waals surface area contributed by atoms with Gasteiger partial charge < -0.3 is 13.9 Å². The van der Waals surface area contributed by atoms with Gasteiger partial charge in [0.05, 0.1) is 29.6 Å². The van der Waals surface area contributed by atoms with Gasteiger partial charge in [0.1, 0.15) is 5.58 Å². The molecule has 4 aromatic rings. The highest BCUT2D eigenvalue weighted by atomic mass is 16.5.